The van der Waals surface area contributed by atoms with Gasteiger partial charge in [0.15, 0.2) is 0 Å². The third-order valence-corrected chi connectivity index (χ3v) is 3.99. The third-order valence-electron chi connectivity index (χ3n) is 3.99. The van der Waals surface area contributed by atoms with Crippen LogP contribution in [0.15, 0.2) is 18.2 Å². The number of hydrogen-bond donors (Lipinski definition) is 1. The Kier molecular flexibility index (Phi) is 4.28. The molecule has 1 unspecified atom stereocenters. The van der Waals surface area contributed by atoms with E-state index in [4.69, 9.17) is 11.0 Å². The van der Waals surface area contributed by atoms with E-state index in [1.807, 2.05) is 18.2 Å². The number of nitrogens with two attached hydrogens (primary N) is 1. The summed E-state index contributed by atoms with van der Waals surface area (Å²) in [5, 5.41) is 8.81. The van der Waals surface area contributed by atoms with Gasteiger partial charge in [-0.3, -0.25) is 0 Å². The number of rotatable bonds is 4. The maximum Gasteiger partial charge on any atom is 0.0670 e. The molecule has 0 saturated carbocycles. The van der Waals surface area contributed by atoms with Crippen LogP contribution in [0.2, 0.25) is 0 Å². The van der Waals surface area contributed by atoms with Gasteiger partial charge in [-0.25, -0.2) is 0 Å². The van der Waals surface area contributed by atoms with Crippen molar-refractivity contribution in [2.45, 2.75) is 25.3 Å². The molecule has 0 amide bonds. The van der Waals surface area contributed by atoms with E-state index >= 15 is 0 Å². The molecule has 1 atom stereocenters. The molecule has 1 fully saturated rings. The number of nitrogen functional groups attached to an aromatic ring is 1. The van der Waals surface area contributed by atoms with E-state index in [9.17, 15) is 0 Å². The summed E-state index contributed by atoms with van der Waals surface area (Å²) in [4.78, 5) is 4.68. The van der Waals surface area contributed by atoms with Crippen LogP contribution in [0.1, 0.15) is 18.4 Å². The molecule has 1 heterocycles. The molecule has 0 spiro atoms. The van der Waals surface area contributed by atoms with Crippen molar-refractivity contribution in [1.29, 1.82) is 5.26 Å². The molecule has 0 aromatic heterocycles. The van der Waals surface area contributed by atoms with Gasteiger partial charge in [-0.15, -0.1) is 0 Å². The van der Waals surface area contributed by atoms with Gasteiger partial charge >= 0.3 is 0 Å². The minimum Gasteiger partial charge on any atom is -0.398 e. The fourth-order valence-corrected chi connectivity index (χ4v) is 2.70. The smallest absolute Gasteiger partial charge is 0.0670 e. The summed E-state index contributed by atoms with van der Waals surface area (Å²) in [5.41, 5.74) is 8.65. The van der Waals surface area contributed by atoms with Crippen LogP contribution in [0, 0.1) is 11.3 Å². The minimum atomic E-state index is 0.372. The van der Waals surface area contributed by atoms with Gasteiger partial charge in [0.05, 0.1) is 12.5 Å². The molecular formula is C15H22N4. The Morgan fingerprint density at radius 2 is 2.32 bits per heavy atom. The molecule has 4 nitrogen and oxygen atoms in total. The number of benzene rings is 1. The van der Waals surface area contributed by atoms with Crippen molar-refractivity contribution in [1.82, 2.24) is 4.90 Å². The highest BCUT2D eigenvalue weighted by atomic mass is 15.2. The van der Waals surface area contributed by atoms with Gasteiger partial charge < -0.3 is 15.5 Å². The lowest BCUT2D eigenvalue weighted by Crippen LogP contribution is -2.36. The van der Waals surface area contributed by atoms with Crippen LogP contribution in [-0.4, -0.2) is 38.1 Å². The summed E-state index contributed by atoms with van der Waals surface area (Å²) >= 11 is 0. The van der Waals surface area contributed by atoms with E-state index in [2.05, 4.69) is 30.0 Å². The van der Waals surface area contributed by atoms with Crippen molar-refractivity contribution >= 4 is 11.4 Å². The topological polar surface area (TPSA) is 56.3 Å². The van der Waals surface area contributed by atoms with E-state index < -0.39 is 0 Å². The first-order chi connectivity index (χ1) is 9.11. The van der Waals surface area contributed by atoms with E-state index in [0.29, 0.717) is 18.2 Å². The fraction of sp³-hybridized carbons (Fsp3) is 0.533. The fourth-order valence-electron chi connectivity index (χ4n) is 2.70. The molecule has 2 rings (SSSR count). The van der Waals surface area contributed by atoms with Crippen LogP contribution in [0.3, 0.4) is 0 Å². The maximum absolute atomic E-state index is 8.81. The lowest BCUT2D eigenvalue weighted by atomic mass is 10.1. The van der Waals surface area contributed by atoms with Gasteiger partial charge in [0.2, 0.25) is 0 Å². The van der Waals surface area contributed by atoms with E-state index in [-0.39, 0.29) is 0 Å². The SMILES string of the molecule is CN(CC1CCCN1C)c1ccc(N)c(CC#N)c1. The highest BCUT2D eigenvalue weighted by Crippen LogP contribution is 2.23. The number of anilines is 2. The Hall–Kier alpha value is -1.73. The molecule has 0 bridgehead atoms. The van der Waals surface area contributed by atoms with Crippen molar-refractivity contribution in [2.75, 3.05) is 37.8 Å². The summed E-state index contributed by atoms with van der Waals surface area (Å²) in [5.74, 6) is 0. The van der Waals surface area contributed by atoms with Crippen LogP contribution >= 0.6 is 0 Å². The Balaban J connectivity index is 2.08. The van der Waals surface area contributed by atoms with Crippen LogP contribution in [0.4, 0.5) is 11.4 Å². The van der Waals surface area contributed by atoms with Gasteiger partial charge in [0, 0.05) is 31.0 Å². The molecule has 1 aliphatic rings. The lowest BCUT2D eigenvalue weighted by molar-refractivity contribution is 0.314. The second kappa shape index (κ2) is 5.94. The largest absolute Gasteiger partial charge is 0.398 e. The summed E-state index contributed by atoms with van der Waals surface area (Å²) in [6.45, 7) is 2.21. The van der Waals surface area contributed by atoms with Crippen LogP contribution in [-0.2, 0) is 6.42 Å². The van der Waals surface area contributed by atoms with Gasteiger partial charge in [-0.1, -0.05) is 0 Å². The predicted octanol–water partition coefficient (Wildman–Crippen LogP) is 1.87. The zero-order chi connectivity index (χ0) is 13.8. The van der Waals surface area contributed by atoms with Crippen LogP contribution in [0.25, 0.3) is 0 Å². The molecule has 1 aromatic rings. The van der Waals surface area contributed by atoms with Gasteiger partial charge in [0.25, 0.3) is 0 Å². The van der Waals surface area contributed by atoms with E-state index in [1.165, 1.54) is 19.4 Å². The molecule has 1 aromatic carbocycles. The first-order valence-corrected chi connectivity index (χ1v) is 6.78. The highest BCUT2D eigenvalue weighted by molar-refractivity contribution is 5.59. The Labute approximate surface area is 115 Å². The Morgan fingerprint density at radius 3 is 2.95 bits per heavy atom. The zero-order valence-corrected chi connectivity index (χ0v) is 11.8. The number of nitrogens with zero attached hydrogens (tertiary/aromatic N) is 3. The zero-order valence-electron chi connectivity index (χ0n) is 11.8. The predicted molar refractivity (Wildman–Crippen MR) is 79.1 cm³/mol. The van der Waals surface area contributed by atoms with Crippen LogP contribution in [0.5, 0.6) is 0 Å². The first kappa shape index (κ1) is 13.7. The third kappa shape index (κ3) is 3.18. The van der Waals surface area contributed by atoms with Crippen molar-refractivity contribution < 1.29 is 0 Å². The quantitative estimate of drug-likeness (QED) is 0.838. The van der Waals surface area contributed by atoms with Crippen molar-refractivity contribution in [3.63, 3.8) is 0 Å². The van der Waals surface area contributed by atoms with Crippen molar-refractivity contribution in [2.24, 2.45) is 0 Å². The Bertz CT molecular complexity index is 478. The average molecular weight is 258 g/mol. The second-order valence-electron chi connectivity index (χ2n) is 5.38. The summed E-state index contributed by atoms with van der Waals surface area (Å²) in [7, 11) is 4.30. The lowest BCUT2D eigenvalue weighted by Gasteiger charge is -2.27. The molecule has 0 radical (unpaired) electrons. The first-order valence-electron chi connectivity index (χ1n) is 6.78. The van der Waals surface area contributed by atoms with E-state index in [1.54, 1.807) is 0 Å². The van der Waals surface area contributed by atoms with Gasteiger partial charge in [-0.2, -0.15) is 5.26 Å². The Morgan fingerprint density at radius 1 is 1.53 bits per heavy atom. The number of hydrogen-bond acceptors (Lipinski definition) is 4. The molecule has 19 heavy (non-hydrogen) atoms. The molecule has 1 aliphatic heterocycles. The van der Waals surface area contributed by atoms with Gasteiger partial charge in [-0.05, 0) is 50.2 Å². The van der Waals surface area contributed by atoms with Crippen LogP contribution < -0.4 is 10.6 Å². The molecule has 4 heteroatoms. The summed E-state index contributed by atoms with van der Waals surface area (Å²) in [6, 6.07) is 8.76. The standard InChI is InChI=1S/C15H22N4/c1-18-9-3-4-14(18)11-19(2)13-5-6-15(17)12(10-13)7-8-16/h5-6,10,14H,3-4,7,9,11,17H2,1-2H3. The monoisotopic (exact) mass is 258 g/mol. The maximum atomic E-state index is 8.81. The molecule has 2 N–H and O–H groups in total. The van der Waals surface area contributed by atoms with Crippen molar-refractivity contribution in [3.05, 3.63) is 23.8 Å². The second-order valence-corrected chi connectivity index (χ2v) is 5.38. The molecule has 1 saturated heterocycles. The highest BCUT2D eigenvalue weighted by Gasteiger charge is 2.22. The number of nitriles is 1. The molecule has 0 aliphatic carbocycles. The van der Waals surface area contributed by atoms with E-state index in [0.717, 1.165) is 17.8 Å². The summed E-state index contributed by atoms with van der Waals surface area (Å²) < 4.78 is 0. The number of likely N-dealkylation sites (N-methyl/N-ethyl adjacent to an activating group) is 2. The van der Waals surface area contributed by atoms with Crippen molar-refractivity contribution in [3.8, 4) is 6.07 Å². The number of likely N-dealkylation sites (tertiary alicyclic amines) is 1. The average Bonchev–Trinajstić information content (AvgIpc) is 2.78. The normalized spacial score (nSPS) is 19.3. The summed E-state index contributed by atoms with van der Waals surface area (Å²) in [6.07, 6.45) is 2.92. The van der Waals surface area contributed by atoms with Gasteiger partial charge in [0.1, 0.15) is 0 Å². The minimum absolute atomic E-state index is 0.372. The molecular weight excluding hydrogens is 236 g/mol. The molecule has 102 valence electrons.